The second-order valence-corrected chi connectivity index (χ2v) is 8.90. The number of allylic oxidation sites excluding steroid dienone is 1. The predicted molar refractivity (Wildman–Crippen MR) is 84.0 cm³/mol. The Labute approximate surface area is 132 Å². The van der Waals surface area contributed by atoms with Gasteiger partial charge in [-0.1, -0.05) is 25.5 Å². The fourth-order valence-electron chi connectivity index (χ4n) is 6.59. The van der Waals surface area contributed by atoms with Gasteiger partial charge in [-0.25, -0.2) is 4.39 Å². The summed E-state index contributed by atoms with van der Waals surface area (Å²) >= 11 is 0. The Hall–Kier alpha value is -0.410. The lowest BCUT2D eigenvalue weighted by Gasteiger charge is -2.57. The van der Waals surface area contributed by atoms with Crippen molar-refractivity contribution in [2.24, 2.45) is 28.6 Å². The summed E-state index contributed by atoms with van der Waals surface area (Å²) in [6.45, 7) is 4.49. The van der Waals surface area contributed by atoms with Crippen LogP contribution in [0.1, 0.15) is 58.8 Å². The molecule has 0 radical (unpaired) electrons. The summed E-state index contributed by atoms with van der Waals surface area (Å²) in [6.07, 6.45) is 6.76. The zero-order chi connectivity index (χ0) is 15.7. The fraction of sp³-hybridized carbons (Fsp3) is 0.895. The Balaban J connectivity index is 1.68. The maximum Gasteiger partial charge on any atom is 0.127 e. The molecule has 0 aliphatic heterocycles. The summed E-state index contributed by atoms with van der Waals surface area (Å²) in [4.78, 5) is 0. The molecule has 3 unspecified atom stereocenters. The average Bonchev–Trinajstić information content (AvgIpc) is 2.72. The molecule has 0 aromatic heterocycles. The Kier molecular flexibility index (Phi) is 3.30. The van der Waals surface area contributed by atoms with E-state index in [1.54, 1.807) is 0 Å². The van der Waals surface area contributed by atoms with Crippen molar-refractivity contribution < 1.29 is 14.6 Å². The van der Waals surface area contributed by atoms with Gasteiger partial charge in [-0.2, -0.15) is 0 Å². The van der Waals surface area contributed by atoms with Crippen molar-refractivity contribution in [3.05, 3.63) is 11.6 Å². The molecule has 3 fully saturated rings. The van der Waals surface area contributed by atoms with Crippen LogP contribution in [0.15, 0.2) is 11.6 Å². The Morgan fingerprint density at radius 2 is 1.91 bits per heavy atom. The van der Waals surface area contributed by atoms with Gasteiger partial charge in [-0.3, -0.25) is 0 Å². The molecule has 2 nitrogen and oxygen atoms in total. The summed E-state index contributed by atoms with van der Waals surface area (Å²) in [7, 11) is 0. The number of hydrogen-bond donors (Lipinski definition) is 2. The highest BCUT2D eigenvalue weighted by Crippen LogP contribution is 2.65. The maximum atomic E-state index is 14.2. The van der Waals surface area contributed by atoms with Gasteiger partial charge in [0.1, 0.15) is 6.17 Å². The number of alkyl halides is 1. The van der Waals surface area contributed by atoms with Crippen LogP contribution in [0.25, 0.3) is 0 Å². The molecule has 0 spiro atoms. The van der Waals surface area contributed by atoms with Crippen LogP contribution in [0.3, 0.4) is 0 Å². The summed E-state index contributed by atoms with van der Waals surface area (Å²) in [5, 5.41) is 20.3. The first kappa shape index (κ1) is 15.1. The molecule has 0 amide bonds. The third kappa shape index (κ3) is 1.84. The molecule has 124 valence electrons. The van der Waals surface area contributed by atoms with E-state index in [9.17, 15) is 14.6 Å². The minimum absolute atomic E-state index is 0.173. The summed E-state index contributed by atoms with van der Waals surface area (Å²) in [5.74, 6) is 1.44. The van der Waals surface area contributed by atoms with E-state index >= 15 is 0 Å². The highest BCUT2D eigenvalue weighted by Gasteiger charge is 2.61. The minimum atomic E-state index is -1.04. The van der Waals surface area contributed by atoms with E-state index in [0.29, 0.717) is 24.2 Å². The fourth-order valence-corrected chi connectivity index (χ4v) is 6.59. The lowest BCUT2D eigenvalue weighted by atomic mass is 9.48. The van der Waals surface area contributed by atoms with E-state index < -0.39 is 12.3 Å². The number of hydrogen-bond acceptors (Lipinski definition) is 2. The lowest BCUT2D eigenvalue weighted by molar-refractivity contribution is -0.0763. The highest BCUT2D eigenvalue weighted by molar-refractivity contribution is 5.25. The third-order valence-electron chi connectivity index (χ3n) is 8.01. The molecule has 0 heterocycles. The van der Waals surface area contributed by atoms with Crippen molar-refractivity contribution in [1.29, 1.82) is 0 Å². The maximum absolute atomic E-state index is 14.2. The van der Waals surface area contributed by atoms with Crippen LogP contribution in [-0.4, -0.2) is 28.6 Å². The molecule has 2 N–H and O–H groups in total. The second-order valence-electron chi connectivity index (χ2n) is 8.90. The number of fused-ring (bicyclic) bond motifs is 5. The number of aliphatic hydroxyl groups excluding tert-OH is 2. The van der Waals surface area contributed by atoms with E-state index in [1.807, 2.05) is 0 Å². The third-order valence-corrected chi connectivity index (χ3v) is 8.01. The van der Waals surface area contributed by atoms with E-state index in [-0.39, 0.29) is 16.9 Å². The average molecular weight is 308 g/mol. The molecule has 0 aromatic carbocycles. The molecular formula is C19H29FO2. The number of rotatable bonds is 0. The summed E-state index contributed by atoms with van der Waals surface area (Å²) in [6, 6.07) is 0. The van der Waals surface area contributed by atoms with Gasteiger partial charge in [-0.05, 0) is 73.5 Å². The van der Waals surface area contributed by atoms with Gasteiger partial charge in [0.15, 0.2) is 0 Å². The molecule has 8 atom stereocenters. The van der Waals surface area contributed by atoms with Crippen LogP contribution in [0.2, 0.25) is 0 Å². The van der Waals surface area contributed by atoms with Gasteiger partial charge in [0.05, 0.1) is 12.2 Å². The van der Waals surface area contributed by atoms with Crippen molar-refractivity contribution >= 4 is 0 Å². The molecule has 4 aliphatic rings. The highest BCUT2D eigenvalue weighted by atomic mass is 19.1. The summed E-state index contributed by atoms with van der Waals surface area (Å²) < 4.78 is 14.2. The first-order chi connectivity index (χ1) is 10.4. The van der Waals surface area contributed by atoms with Crippen molar-refractivity contribution in [3.8, 4) is 0 Å². The summed E-state index contributed by atoms with van der Waals surface area (Å²) in [5.41, 5.74) is 1.42. The van der Waals surface area contributed by atoms with E-state index in [4.69, 9.17) is 0 Å². The van der Waals surface area contributed by atoms with Crippen LogP contribution < -0.4 is 0 Å². The molecule has 0 bridgehead atoms. The molecule has 0 saturated heterocycles. The first-order valence-electron chi connectivity index (χ1n) is 9.06. The molecule has 4 aliphatic carbocycles. The first-order valence-corrected chi connectivity index (χ1v) is 9.06. The smallest absolute Gasteiger partial charge is 0.127 e. The molecule has 4 rings (SSSR count). The van der Waals surface area contributed by atoms with Crippen LogP contribution in [-0.2, 0) is 0 Å². The normalized spacial score (nSPS) is 57.6. The van der Waals surface area contributed by atoms with Crippen LogP contribution in [0.5, 0.6) is 0 Å². The number of aliphatic hydroxyl groups is 2. The zero-order valence-electron chi connectivity index (χ0n) is 13.8. The van der Waals surface area contributed by atoms with Crippen LogP contribution in [0, 0.1) is 28.6 Å². The van der Waals surface area contributed by atoms with Crippen LogP contribution in [0.4, 0.5) is 4.39 Å². The Morgan fingerprint density at radius 1 is 1.14 bits per heavy atom. The quantitative estimate of drug-likeness (QED) is 0.671. The van der Waals surface area contributed by atoms with Crippen LogP contribution >= 0.6 is 0 Å². The van der Waals surface area contributed by atoms with Gasteiger partial charge in [0.2, 0.25) is 0 Å². The SMILES string of the molecule is C[C@]12CC[C@@H](O)CC1=CCC1C2CC[C@@]2(C)C1C[C@@H](F)[C@H]2O. The second kappa shape index (κ2) is 4.80. The van der Waals surface area contributed by atoms with Crippen molar-refractivity contribution in [2.45, 2.75) is 77.2 Å². The zero-order valence-corrected chi connectivity index (χ0v) is 13.8. The standard InChI is InChI=1S/C19H29FO2/c1-18-7-5-12(21)9-11(18)3-4-13-14(18)6-8-19(2)15(13)10-16(20)17(19)22/h3,12-17,21-22H,4-10H2,1-2H3/t12-,13?,14?,15?,16-,17-,18+,19+/m1/s1. The number of halogens is 1. The Bertz CT molecular complexity index is 504. The van der Waals surface area contributed by atoms with Gasteiger partial charge < -0.3 is 10.2 Å². The van der Waals surface area contributed by atoms with Gasteiger partial charge in [-0.15, -0.1) is 0 Å². The van der Waals surface area contributed by atoms with Gasteiger partial charge >= 0.3 is 0 Å². The molecular weight excluding hydrogens is 279 g/mol. The van der Waals surface area contributed by atoms with Crippen molar-refractivity contribution in [3.63, 3.8) is 0 Å². The lowest BCUT2D eigenvalue weighted by Crippen LogP contribution is -2.51. The molecule has 0 aromatic rings. The largest absolute Gasteiger partial charge is 0.393 e. The molecule has 22 heavy (non-hydrogen) atoms. The topological polar surface area (TPSA) is 40.5 Å². The van der Waals surface area contributed by atoms with E-state index in [0.717, 1.165) is 38.5 Å². The van der Waals surface area contributed by atoms with E-state index in [1.165, 1.54) is 5.57 Å². The van der Waals surface area contributed by atoms with Gasteiger partial charge in [0.25, 0.3) is 0 Å². The van der Waals surface area contributed by atoms with E-state index in [2.05, 4.69) is 19.9 Å². The molecule has 3 heteroatoms. The van der Waals surface area contributed by atoms with Crippen molar-refractivity contribution in [1.82, 2.24) is 0 Å². The van der Waals surface area contributed by atoms with Crippen molar-refractivity contribution in [2.75, 3.05) is 0 Å². The Morgan fingerprint density at radius 3 is 2.68 bits per heavy atom. The molecule has 3 saturated carbocycles. The minimum Gasteiger partial charge on any atom is -0.393 e. The van der Waals surface area contributed by atoms with Gasteiger partial charge in [0, 0.05) is 0 Å². The monoisotopic (exact) mass is 308 g/mol. The predicted octanol–water partition coefficient (Wildman–Crippen LogP) is 3.62.